The average Bonchev–Trinajstić information content (AvgIpc) is 3.29. The smallest absolute Gasteiger partial charge is 0.273 e. The van der Waals surface area contributed by atoms with Crippen LogP contribution in [-0.4, -0.2) is 27.6 Å². The molecule has 8 nitrogen and oxygen atoms in total. The van der Waals surface area contributed by atoms with Crippen LogP contribution in [0.4, 0.5) is 15.8 Å². The fraction of sp³-hybridized carbons (Fsp3) is 0.379. The Morgan fingerprint density at radius 1 is 1.03 bits per heavy atom. The van der Waals surface area contributed by atoms with E-state index in [4.69, 9.17) is 11.5 Å². The summed E-state index contributed by atoms with van der Waals surface area (Å²) in [5.74, 6) is -1.96. The van der Waals surface area contributed by atoms with Gasteiger partial charge in [-0.1, -0.05) is 43.5 Å². The van der Waals surface area contributed by atoms with E-state index in [9.17, 15) is 18.8 Å². The number of nitrogen functional groups attached to an aromatic ring is 1. The summed E-state index contributed by atoms with van der Waals surface area (Å²) in [7, 11) is 0. The SMILES string of the molecule is CC(C)(C)NC(=O)[C@@H](c1ccc(F)cc1)N(C(=O)c1snc(C(N)=O)c1N)c1ccc(C2CCCCC2)cc1. The second-order valence-corrected chi connectivity index (χ2v) is 11.7. The van der Waals surface area contributed by atoms with E-state index in [1.165, 1.54) is 54.0 Å². The van der Waals surface area contributed by atoms with Crippen molar-refractivity contribution in [3.8, 4) is 0 Å². The molecule has 0 spiro atoms. The topological polar surface area (TPSA) is 131 Å². The number of carbonyl (C=O) groups is 3. The van der Waals surface area contributed by atoms with Crippen LogP contribution in [0.2, 0.25) is 0 Å². The Hall–Kier alpha value is -3.79. The van der Waals surface area contributed by atoms with Crippen molar-refractivity contribution < 1.29 is 18.8 Å². The summed E-state index contributed by atoms with van der Waals surface area (Å²) in [6.07, 6.45) is 5.83. The summed E-state index contributed by atoms with van der Waals surface area (Å²) in [6, 6.07) is 11.9. The lowest BCUT2D eigenvalue weighted by Crippen LogP contribution is -2.49. The molecule has 0 unspecified atom stereocenters. The summed E-state index contributed by atoms with van der Waals surface area (Å²) in [6.45, 7) is 5.49. The number of primary amides is 1. The van der Waals surface area contributed by atoms with Gasteiger partial charge in [-0.15, -0.1) is 0 Å². The maximum Gasteiger partial charge on any atom is 0.273 e. The monoisotopic (exact) mass is 551 g/mol. The highest BCUT2D eigenvalue weighted by molar-refractivity contribution is 7.09. The van der Waals surface area contributed by atoms with Crippen molar-refractivity contribution in [1.82, 2.24) is 9.69 Å². The highest BCUT2D eigenvalue weighted by Gasteiger charge is 2.37. The molecule has 10 heteroatoms. The first-order valence-corrected chi connectivity index (χ1v) is 13.8. The van der Waals surface area contributed by atoms with E-state index in [1.54, 1.807) is 0 Å². The first-order valence-electron chi connectivity index (χ1n) is 13.0. The summed E-state index contributed by atoms with van der Waals surface area (Å²) in [5, 5.41) is 2.95. The molecule has 3 amide bonds. The van der Waals surface area contributed by atoms with Gasteiger partial charge in [-0.2, -0.15) is 4.37 Å². The number of benzene rings is 2. The Bertz CT molecular complexity index is 1340. The number of nitrogens with one attached hydrogen (secondary N) is 1. The summed E-state index contributed by atoms with van der Waals surface area (Å²) < 4.78 is 17.9. The lowest BCUT2D eigenvalue weighted by molar-refractivity contribution is -0.123. The number of rotatable bonds is 7. The third-order valence-electron chi connectivity index (χ3n) is 6.81. The molecule has 1 atom stereocenters. The number of halogens is 1. The molecule has 4 rings (SSSR count). The number of nitrogens with zero attached hydrogens (tertiary/aromatic N) is 2. The maximum atomic E-state index is 14.2. The highest BCUT2D eigenvalue weighted by Crippen LogP contribution is 2.37. The second kappa shape index (κ2) is 11.5. The lowest BCUT2D eigenvalue weighted by atomic mass is 9.84. The first-order chi connectivity index (χ1) is 18.5. The quantitative estimate of drug-likeness (QED) is 0.366. The van der Waals surface area contributed by atoms with Crippen molar-refractivity contribution in [3.63, 3.8) is 0 Å². The molecule has 3 aromatic rings. The van der Waals surface area contributed by atoms with Gasteiger partial charge >= 0.3 is 0 Å². The summed E-state index contributed by atoms with van der Waals surface area (Å²) >= 11 is 0.743. The molecule has 5 N–H and O–H groups in total. The van der Waals surface area contributed by atoms with Crippen LogP contribution in [-0.2, 0) is 4.79 Å². The van der Waals surface area contributed by atoms with Crippen LogP contribution in [0.25, 0.3) is 0 Å². The number of hydrogen-bond acceptors (Lipinski definition) is 6. The minimum Gasteiger partial charge on any atom is -0.395 e. The molecule has 1 aliphatic carbocycles. The van der Waals surface area contributed by atoms with Gasteiger partial charge in [-0.25, -0.2) is 4.39 Å². The molecule has 0 radical (unpaired) electrons. The Labute approximate surface area is 231 Å². The molecular formula is C29H34FN5O3S. The Balaban J connectivity index is 1.85. The van der Waals surface area contributed by atoms with Crippen LogP contribution in [0, 0.1) is 5.82 Å². The Kier molecular flexibility index (Phi) is 8.34. The molecule has 206 valence electrons. The molecule has 1 saturated carbocycles. The van der Waals surface area contributed by atoms with Crippen LogP contribution in [0.1, 0.15) is 96.1 Å². The third kappa shape index (κ3) is 6.44. The van der Waals surface area contributed by atoms with Gasteiger partial charge in [-0.3, -0.25) is 19.3 Å². The molecule has 39 heavy (non-hydrogen) atoms. The largest absolute Gasteiger partial charge is 0.395 e. The van der Waals surface area contributed by atoms with E-state index in [1.807, 2.05) is 45.0 Å². The molecule has 1 aliphatic rings. The van der Waals surface area contributed by atoms with E-state index < -0.39 is 35.1 Å². The number of anilines is 2. The van der Waals surface area contributed by atoms with Crippen molar-refractivity contribution in [3.05, 3.63) is 76.0 Å². The van der Waals surface area contributed by atoms with Crippen LogP contribution >= 0.6 is 11.5 Å². The zero-order valence-corrected chi connectivity index (χ0v) is 23.2. The van der Waals surface area contributed by atoms with Crippen molar-refractivity contribution in [2.75, 3.05) is 10.6 Å². The second-order valence-electron chi connectivity index (χ2n) is 10.9. The number of nitrogens with two attached hydrogens (primary N) is 2. The average molecular weight is 552 g/mol. The highest BCUT2D eigenvalue weighted by atomic mass is 32.1. The van der Waals surface area contributed by atoms with Gasteiger partial charge < -0.3 is 16.8 Å². The summed E-state index contributed by atoms with van der Waals surface area (Å²) in [4.78, 5) is 41.1. The predicted octanol–water partition coefficient (Wildman–Crippen LogP) is 5.31. The molecule has 1 fully saturated rings. The molecule has 1 heterocycles. The lowest BCUT2D eigenvalue weighted by Gasteiger charge is -2.34. The molecule has 2 aromatic carbocycles. The Morgan fingerprint density at radius 3 is 2.18 bits per heavy atom. The van der Waals surface area contributed by atoms with Crippen molar-refractivity contribution in [2.45, 2.75) is 70.4 Å². The van der Waals surface area contributed by atoms with E-state index in [2.05, 4.69) is 9.69 Å². The van der Waals surface area contributed by atoms with Gasteiger partial charge in [0.1, 0.15) is 16.7 Å². The maximum absolute atomic E-state index is 14.2. The fourth-order valence-electron chi connectivity index (χ4n) is 4.97. The van der Waals surface area contributed by atoms with Gasteiger partial charge in [-0.05, 0) is 86.5 Å². The van der Waals surface area contributed by atoms with Gasteiger partial charge in [0.15, 0.2) is 5.69 Å². The first kappa shape index (κ1) is 28.2. The molecular weight excluding hydrogens is 517 g/mol. The van der Waals surface area contributed by atoms with E-state index in [0.29, 0.717) is 17.2 Å². The zero-order valence-electron chi connectivity index (χ0n) is 22.4. The van der Waals surface area contributed by atoms with E-state index >= 15 is 0 Å². The number of carbonyl (C=O) groups excluding carboxylic acids is 3. The van der Waals surface area contributed by atoms with Crippen molar-refractivity contribution in [2.24, 2.45) is 5.73 Å². The van der Waals surface area contributed by atoms with Gasteiger partial charge in [0, 0.05) is 11.2 Å². The van der Waals surface area contributed by atoms with Gasteiger partial charge in [0.25, 0.3) is 11.8 Å². The van der Waals surface area contributed by atoms with Crippen molar-refractivity contribution >= 4 is 40.6 Å². The molecule has 0 saturated heterocycles. The Morgan fingerprint density at radius 2 is 1.64 bits per heavy atom. The van der Waals surface area contributed by atoms with Crippen LogP contribution < -0.4 is 21.7 Å². The van der Waals surface area contributed by atoms with Crippen molar-refractivity contribution in [1.29, 1.82) is 0 Å². The minimum atomic E-state index is -1.17. The standard InChI is InChI=1S/C29H34FN5O3S/c1-29(2,3)33-27(37)24(19-9-13-20(30)14-10-19)35(28(38)25-22(31)23(26(32)36)34-39-25)21-15-11-18(12-16-21)17-7-5-4-6-8-17/h9-17,24H,4-8,31H2,1-3H3,(H2,32,36)(H,33,37)/t24-/m1/s1. The van der Waals surface area contributed by atoms with Crippen LogP contribution in [0.5, 0.6) is 0 Å². The zero-order chi connectivity index (χ0) is 28.3. The predicted molar refractivity (Wildman–Crippen MR) is 151 cm³/mol. The van der Waals surface area contributed by atoms with E-state index in [0.717, 1.165) is 24.4 Å². The van der Waals surface area contributed by atoms with Gasteiger partial charge in [0.05, 0.1) is 5.69 Å². The van der Waals surface area contributed by atoms with E-state index in [-0.39, 0.29) is 16.3 Å². The van der Waals surface area contributed by atoms with Gasteiger partial charge in [0.2, 0.25) is 5.91 Å². The summed E-state index contributed by atoms with van der Waals surface area (Å²) in [5.41, 5.74) is 12.6. The number of hydrogen-bond donors (Lipinski definition) is 3. The molecule has 0 aliphatic heterocycles. The van der Waals surface area contributed by atoms with Crippen LogP contribution in [0.3, 0.4) is 0 Å². The molecule has 0 bridgehead atoms. The third-order valence-corrected chi connectivity index (χ3v) is 7.66. The molecule has 1 aromatic heterocycles. The number of aromatic nitrogens is 1. The normalized spacial score (nSPS) is 15.0. The van der Waals surface area contributed by atoms with Crippen LogP contribution in [0.15, 0.2) is 48.5 Å². The minimum absolute atomic E-state index is 0.0178. The fourth-order valence-corrected chi connectivity index (χ4v) is 5.71. The number of amides is 3.